The van der Waals surface area contributed by atoms with Gasteiger partial charge in [-0.05, 0) is 36.9 Å². The first-order chi connectivity index (χ1) is 9.29. The third kappa shape index (κ3) is 4.15. The third-order valence-electron chi connectivity index (χ3n) is 2.42. The highest BCUT2D eigenvalue weighted by Gasteiger charge is 2.06. The number of nitrogens with one attached hydrogen (secondary N) is 1. The molecule has 2 heterocycles. The molecule has 102 valence electrons. The van der Waals surface area contributed by atoms with E-state index in [1.807, 2.05) is 0 Å². The van der Waals surface area contributed by atoms with Crippen LogP contribution < -0.4 is 5.32 Å². The highest BCUT2D eigenvalue weighted by molar-refractivity contribution is 6.28. The Morgan fingerprint density at radius 2 is 2.11 bits per heavy atom. The molecular formula is C11H15ClN6O. The molecule has 2 aromatic rings. The largest absolute Gasteiger partial charge is 0.396 e. The summed E-state index contributed by atoms with van der Waals surface area (Å²) in [5.74, 6) is 0.803. The molecule has 2 N–H and O–H groups in total. The summed E-state index contributed by atoms with van der Waals surface area (Å²) in [5, 5.41) is 15.9. The van der Waals surface area contributed by atoms with Crippen LogP contribution >= 0.6 is 11.6 Å². The van der Waals surface area contributed by atoms with Crippen molar-refractivity contribution in [1.29, 1.82) is 0 Å². The topological polar surface area (TPSA) is 88.8 Å². The van der Waals surface area contributed by atoms with Gasteiger partial charge in [0, 0.05) is 25.5 Å². The van der Waals surface area contributed by atoms with Crippen LogP contribution in [0.4, 0.5) is 5.95 Å². The molecule has 0 bridgehead atoms. The molecule has 0 aliphatic heterocycles. The number of halogens is 1. The number of aliphatic hydroxyl groups is 1. The quantitative estimate of drug-likeness (QED) is 0.744. The van der Waals surface area contributed by atoms with Crippen LogP contribution in [-0.2, 0) is 0 Å². The van der Waals surface area contributed by atoms with Gasteiger partial charge in [-0.3, -0.25) is 0 Å². The Kier molecular flexibility index (Phi) is 5.05. The van der Waals surface area contributed by atoms with Crippen LogP contribution in [-0.4, -0.2) is 43.0 Å². The van der Waals surface area contributed by atoms with E-state index in [1.54, 1.807) is 18.5 Å². The Balaban J connectivity index is 1.97. The Labute approximate surface area is 115 Å². The second kappa shape index (κ2) is 7.01. The van der Waals surface area contributed by atoms with Gasteiger partial charge in [-0.15, -0.1) is 0 Å². The van der Waals surface area contributed by atoms with Gasteiger partial charge in [-0.1, -0.05) is 0 Å². The van der Waals surface area contributed by atoms with E-state index < -0.39 is 0 Å². The molecule has 0 aliphatic rings. The highest BCUT2D eigenvalue weighted by atomic mass is 35.5. The van der Waals surface area contributed by atoms with Crippen molar-refractivity contribution in [2.24, 2.45) is 0 Å². The van der Waals surface area contributed by atoms with E-state index in [2.05, 4.69) is 25.4 Å². The second-order valence-electron chi connectivity index (χ2n) is 3.89. The fourth-order valence-electron chi connectivity index (χ4n) is 1.52. The van der Waals surface area contributed by atoms with Crippen LogP contribution in [0.15, 0.2) is 18.5 Å². The zero-order valence-corrected chi connectivity index (χ0v) is 11.1. The van der Waals surface area contributed by atoms with Gasteiger partial charge < -0.3 is 10.4 Å². The van der Waals surface area contributed by atoms with Crippen molar-refractivity contribution in [2.75, 3.05) is 18.5 Å². The minimum Gasteiger partial charge on any atom is -0.396 e. The van der Waals surface area contributed by atoms with Crippen LogP contribution in [0.1, 0.15) is 19.3 Å². The normalized spacial score (nSPS) is 10.6. The second-order valence-corrected chi connectivity index (χ2v) is 4.23. The molecule has 0 aliphatic carbocycles. The molecule has 0 fully saturated rings. The maximum Gasteiger partial charge on any atom is 0.256 e. The van der Waals surface area contributed by atoms with Crippen molar-refractivity contribution in [1.82, 2.24) is 24.7 Å². The molecular weight excluding hydrogens is 268 g/mol. The Morgan fingerprint density at radius 3 is 2.84 bits per heavy atom. The molecule has 0 aromatic carbocycles. The van der Waals surface area contributed by atoms with Crippen LogP contribution in [0, 0.1) is 0 Å². The Bertz CT molecular complexity index is 504. The number of hydrogen-bond acceptors (Lipinski definition) is 6. The number of unbranched alkanes of at least 4 members (excludes halogenated alkanes) is 2. The average molecular weight is 283 g/mol. The summed E-state index contributed by atoms with van der Waals surface area (Å²) >= 11 is 5.85. The Morgan fingerprint density at radius 1 is 1.21 bits per heavy atom. The lowest BCUT2D eigenvalue weighted by Gasteiger charge is -2.06. The SMILES string of the molecule is OCCCCCNc1nc(Cl)nc(-n2cccn2)n1. The average Bonchev–Trinajstić information content (AvgIpc) is 2.92. The summed E-state index contributed by atoms with van der Waals surface area (Å²) in [5.41, 5.74) is 0. The van der Waals surface area contributed by atoms with Crippen molar-refractivity contribution in [3.8, 4) is 5.95 Å². The molecule has 2 aromatic heterocycles. The number of aromatic nitrogens is 5. The Hall–Kier alpha value is -1.73. The van der Waals surface area contributed by atoms with Crippen molar-refractivity contribution >= 4 is 17.5 Å². The fourth-order valence-corrected chi connectivity index (χ4v) is 1.68. The fraction of sp³-hybridized carbons (Fsp3) is 0.455. The highest BCUT2D eigenvalue weighted by Crippen LogP contribution is 2.09. The summed E-state index contributed by atoms with van der Waals surface area (Å²) in [7, 11) is 0. The molecule has 2 rings (SSSR count). The monoisotopic (exact) mass is 282 g/mol. The van der Waals surface area contributed by atoms with Crippen LogP contribution in [0.3, 0.4) is 0 Å². The number of nitrogens with zero attached hydrogens (tertiary/aromatic N) is 5. The molecule has 7 nitrogen and oxygen atoms in total. The number of aliphatic hydroxyl groups excluding tert-OH is 1. The molecule has 0 amide bonds. The zero-order chi connectivity index (χ0) is 13.5. The minimum atomic E-state index is 0.123. The van der Waals surface area contributed by atoms with E-state index in [4.69, 9.17) is 16.7 Å². The van der Waals surface area contributed by atoms with E-state index in [-0.39, 0.29) is 11.9 Å². The summed E-state index contributed by atoms with van der Waals surface area (Å²) in [4.78, 5) is 12.2. The van der Waals surface area contributed by atoms with E-state index in [0.29, 0.717) is 11.9 Å². The van der Waals surface area contributed by atoms with Gasteiger partial charge >= 0.3 is 0 Å². The van der Waals surface area contributed by atoms with Crippen molar-refractivity contribution in [3.63, 3.8) is 0 Å². The first-order valence-electron chi connectivity index (χ1n) is 6.06. The van der Waals surface area contributed by atoms with Crippen LogP contribution in [0.5, 0.6) is 0 Å². The van der Waals surface area contributed by atoms with Crippen LogP contribution in [0.25, 0.3) is 5.95 Å². The van der Waals surface area contributed by atoms with Gasteiger partial charge in [0.25, 0.3) is 5.95 Å². The molecule has 0 atom stereocenters. The number of hydrogen-bond donors (Lipinski definition) is 2. The van der Waals surface area contributed by atoms with Crippen LogP contribution in [0.2, 0.25) is 5.28 Å². The zero-order valence-electron chi connectivity index (χ0n) is 10.3. The van der Waals surface area contributed by atoms with E-state index in [0.717, 1.165) is 25.8 Å². The summed E-state index contributed by atoms with van der Waals surface area (Å²) in [6.45, 7) is 0.944. The smallest absolute Gasteiger partial charge is 0.256 e. The minimum absolute atomic E-state index is 0.123. The maximum atomic E-state index is 8.68. The molecule has 19 heavy (non-hydrogen) atoms. The molecule has 0 saturated carbocycles. The van der Waals surface area contributed by atoms with Gasteiger partial charge in [-0.25, -0.2) is 4.68 Å². The standard InChI is InChI=1S/C11H15ClN6O/c12-9-15-10(13-5-2-1-3-8-19)17-11(16-9)18-7-4-6-14-18/h4,6-7,19H,1-3,5,8H2,(H,13,15,16,17). The molecule has 0 unspecified atom stereocenters. The van der Waals surface area contributed by atoms with E-state index in [1.165, 1.54) is 4.68 Å². The van der Waals surface area contributed by atoms with Gasteiger partial charge in [-0.2, -0.15) is 20.1 Å². The first-order valence-corrected chi connectivity index (χ1v) is 6.44. The van der Waals surface area contributed by atoms with Gasteiger partial charge in [0.1, 0.15) is 0 Å². The number of anilines is 1. The van der Waals surface area contributed by atoms with Crippen molar-refractivity contribution in [3.05, 3.63) is 23.7 Å². The molecule has 0 radical (unpaired) electrons. The van der Waals surface area contributed by atoms with Crippen molar-refractivity contribution in [2.45, 2.75) is 19.3 Å². The van der Waals surface area contributed by atoms with Gasteiger partial charge in [0.2, 0.25) is 11.2 Å². The van der Waals surface area contributed by atoms with Gasteiger partial charge in [0.05, 0.1) is 0 Å². The lowest BCUT2D eigenvalue weighted by molar-refractivity contribution is 0.283. The molecule has 8 heteroatoms. The predicted octanol–water partition coefficient (Wildman–Crippen LogP) is 1.29. The van der Waals surface area contributed by atoms with E-state index in [9.17, 15) is 0 Å². The van der Waals surface area contributed by atoms with Crippen molar-refractivity contribution < 1.29 is 5.11 Å². The predicted molar refractivity (Wildman–Crippen MR) is 71.4 cm³/mol. The molecule has 0 saturated heterocycles. The lowest BCUT2D eigenvalue weighted by Crippen LogP contribution is -2.10. The van der Waals surface area contributed by atoms with Gasteiger partial charge in [0.15, 0.2) is 0 Å². The summed E-state index contributed by atoms with van der Waals surface area (Å²) in [6.07, 6.45) is 6.06. The summed E-state index contributed by atoms with van der Waals surface area (Å²) < 4.78 is 1.52. The van der Waals surface area contributed by atoms with E-state index >= 15 is 0 Å². The first kappa shape index (κ1) is 13.7. The number of rotatable bonds is 7. The lowest BCUT2D eigenvalue weighted by atomic mass is 10.2. The maximum absolute atomic E-state index is 8.68. The third-order valence-corrected chi connectivity index (χ3v) is 2.59. The molecule has 0 spiro atoms. The summed E-state index contributed by atoms with van der Waals surface area (Å²) in [6, 6.07) is 1.78.